The first kappa shape index (κ1) is 21.3. The highest BCUT2D eigenvalue weighted by Crippen LogP contribution is 2.36. The van der Waals surface area contributed by atoms with E-state index < -0.39 is 56.4 Å². The van der Waals surface area contributed by atoms with Crippen LogP contribution in [0.4, 0.5) is 44.3 Å². The van der Waals surface area contributed by atoms with Crippen molar-refractivity contribution in [2.75, 3.05) is 13.2 Å². The number of carbonyl (C=O) groups is 2. The standard InChI is InChI=1S/C9H7F9O5/c10-6(20)22-2-1-21-5(19)4(9(16,17)18)23-8(14,15)3-7(11,12)13/h4H,1-3H2. The molecular formula is C9H7F9O5. The number of hydrogen-bond donors (Lipinski definition) is 0. The first-order valence-corrected chi connectivity index (χ1v) is 5.32. The molecule has 0 rings (SSSR count). The van der Waals surface area contributed by atoms with Gasteiger partial charge in [-0.25, -0.2) is 9.59 Å². The molecule has 0 saturated heterocycles. The summed E-state index contributed by atoms with van der Waals surface area (Å²) in [5.41, 5.74) is 0. The summed E-state index contributed by atoms with van der Waals surface area (Å²) in [6, 6.07) is 0. The second-order valence-electron chi connectivity index (χ2n) is 3.72. The topological polar surface area (TPSA) is 61.8 Å². The average molecular weight is 366 g/mol. The van der Waals surface area contributed by atoms with Gasteiger partial charge in [-0.3, -0.25) is 4.74 Å². The van der Waals surface area contributed by atoms with Gasteiger partial charge in [0, 0.05) is 0 Å². The maximum absolute atomic E-state index is 12.8. The van der Waals surface area contributed by atoms with Gasteiger partial charge in [-0.05, 0) is 0 Å². The Kier molecular flexibility index (Phi) is 7.12. The van der Waals surface area contributed by atoms with Gasteiger partial charge in [-0.2, -0.15) is 35.1 Å². The fourth-order valence-electron chi connectivity index (χ4n) is 1.04. The van der Waals surface area contributed by atoms with Crippen molar-refractivity contribution in [1.82, 2.24) is 0 Å². The lowest BCUT2D eigenvalue weighted by atomic mass is 10.3. The second-order valence-corrected chi connectivity index (χ2v) is 3.72. The zero-order valence-corrected chi connectivity index (χ0v) is 10.6. The van der Waals surface area contributed by atoms with Crippen molar-refractivity contribution in [3.8, 4) is 0 Å². The molecule has 5 nitrogen and oxygen atoms in total. The molecule has 0 aliphatic heterocycles. The Labute approximate surface area is 121 Å². The molecule has 0 aromatic rings. The number of hydrogen-bond acceptors (Lipinski definition) is 5. The van der Waals surface area contributed by atoms with E-state index in [4.69, 9.17) is 0 Å². The van der Waals surface area contributed by atoms with Crippen LogP contribution in [0.3, 0.4) is 0 Å². The van der Waals surface area contributed by atoms with Crippen molar-refractivity contribution in [2.24, 2.45) is 0 Å². The molecule has 0 aliphatic carbocycles. The van der Waals surface area contributed by atoms with Crippen LogP contribution < -0.4 is 0 Å². The van der Waals surface area contributed by atoms with Gasteiger partial charge in [0.25, 0.3) is 6.10 Å². The van der Waals surface area contributed by atoms with Gasteiger partial charge in [0.2, 0.25) is 0 Å². The number of rotatable bonds is 7. The van der Waals surface area contributed by atoms with Crippen molar-refractivity contribution in [3.63, 3.8) is 0 Å². The molecule has 0 heterocycles. The summed E-state index contributed by atoms with van der Waals surface area (Å²) in [6.07, 6.45) is -26.2. The van der Waals surface area contributed by atoms with Crippen LogP contribution in [0.15, 0.2) is 0 Å². The Balaban J connectivity index is 4.82. The predicted molar refractivity (Wildman–Crippen MR) is 50.0 cm³/mol. The number of alkyl halides is 8. The van der Waals surface area contributed by atoms with E-state index in [-0.39, 0.29) is 0 Å². The van der Waals surface area contributed by atoms with E-state index in [1.807, 2.05) is 0 Å². The Morgan fingerprint density at radius 2 is 1.35 bits per heavy atom. The molecule has 0 aromatic carbocycles. The highest BCUT2D eigenvalue weighted by molar-refractivity contribution is 5.75. The number of ether oxygens (including phenoxy) is 3. The van der Waals surface area contributed by atoms with Crippen molar-refractivity contribution >= 4 is 12.2 Å². The Morgan fingerprint density at radius 3 is 1.74 bits per heavy atom. The third kappa shape index (κ3) is 9.80. The number of halogens is 9. The fraction of sp³-hybridized carbons (Fsp3) is 0.778. The monoisotopic (exact) mass is 366 g/mol. The Morgan fingerprint density at radius 1 is 0.870 bits per heavy atom. The van der Waals surface area contributed by atoms with Crippen LogP contribution in [0, 0.1) is 0 Å². The lowest BCUT2D eigenvalue weighted by Gasteiger charge is -2.25. The Bertz CT molecular complexity index is 417. The molecular weight excluding hydrogens is 359 g/mol. The summed E-state index contributed by atoms with van der Waals surface area (Å²) in [5, 5.41) is 0. The highest BCUT2D eigenvalue weighted by Gasteiger charge is 2.55. The third-order valence-corrected chi connectivity index (χ3v) is 1.75. The molecule has 1 atom stereocenters. The lowest BCUT2D eigenvalue weighted by Crippen LogP contribution is -2.46. The maximum Gasteiger partial charge on any atom is 0.495 e. The van der Waals surface area contributed by atoms with Crippen LogP contribution in [0.2, 0.25) is 0 Å². The first-order chi connectivity index (χ1) is 10.1. The van der Waals surface area contributed by atoms with Crippen LogP contribution in [0.25, 0.3) is 0 Å². The van der Waals surface area contributed by atoms with Crippen LogP contribution >= 0.6 is 0 Å². The lowest BCUT2D eigenvalue weighted by molar-refractivity contribution is -0.344. The van der Waals surface area contributed by atoms with Crippen LogP contribution in [-0.4, -0.2) is 50.0 Å². The minimum atomic E-state index is -5.82. The second kappa shape index (κ2) is 7.70. The van der Waals surface area contributed by atoms with E-state index in [0.29, 0.717) is 0 Å². The summed E-state index contributed by atoms with van der Waals surface area (Å²) in [7, 11) is 0. The minimum absolute atomic E-state index is 1.05. The SMILES string of the molecule is O=C(F)OCCOC(=O)C(OC(F)(F)CC(F)(F)F)C(F)(F)F. The largest absolute Gasteiger partial charge is 0.495 e. The third-order valence-electron chi connectivity index (χ3n) is 1.75. The molecule has 0 radical (unpaired) electrons. The molecule has 0 N–H and O–H groups in total. The van der Waals surface area contributed by atoms with Crippen LogP contribution in [0.5, 0.6) is 0 Å². The molecule has 23 heavy (non-hydrogen) atoms. The first-order valence-electron chi connectivity index (χ1n) is 5.32. The van der Waals surface area contributed by atoms with E-state index in [1.165, 1.54) is 0 Å². The predicted octanol–water partition coefficient (Wildman–Crippen LogP) is 3.13. The molecule has 0 aliphatic rings. The molecule has 0 spiro atoms. The molecule has 0 bridgehead atoms. The van der Waals surface area contributed by atoms with Gasteiger partial charge in [-0.1, -0.05) is 0 Å². The zero-order chi connectivity index (χ0) is 18.5. The summed E-state index contributed by atoms with van der Waals surface area (Å²) in [5.74, 6) is -2.52. The van der Waals surface area contributed by atoms with E-state index >= 15 is 0 Å². The van der Waals surface area contributed by atoms with Crippen LogP contribution in [0.1, 0.15) is 6.42 Å². The molecule has 0 amide bonds. The van der Waals surface area contributed by atoms with Crippen molar-refractivity contribution in [1.29, 1.82) is 0 Å². The molecule has 0 fully saturated rings. The van der Waals surface area contributed by atoms with E-state index in [2.05, 4.69) is 14.2 Å². The number of esters is 1. The van der Waals surface area contributed by atoms with Crippen molar-refractivity contribution in [3.05, 3.63) is 0 Å². The summed E-state index contributed by atoms with van der Waals surface area (Å²) < 4.78 is 120. The van der Waals surface area contributed by atoms with Crippen molar-refractivity contribution < 1.29 is 63.3 Å². The molecule has 136 valence electrons. The van der Waals surface area contributed by atoms with Gasteiger partial charge in [-0.15, -0.1) is 4.39 Å². The molecule has 0 aromatic heterocycles. The normalized spacial score (nSPS) is 14.3. The maximum atomic E-state index is 12.8. The fourth-order valence-corrected chi connectivity index (χ4v) is 1.04. The molecule has 14 heteroatoms. The van der Waals surface area contributed by atoms with Gasteiger partial charge in [0.1, 0.15) is 19.6 Å². The average Bonchev–Trinajstić information content (AvgIpc) is 2.26. The van der Waals surface area contributed by atoms with Crippen molar-refractivity contribution in [2.45, 2.75) is 31.0 Å². The summed E-state index contributed by atoms with van der Waals surface area (Å²) >= 11 is 0. The van der Waals surface area contributed by atoms with Gasteiger partial charge in [0.15, 0.2) is 0 Å². The molecule has 1 unspecified atom stereocenters. The Hall–Kier alpha value is -1.73. The minimum Gasteiger partial charge on any atom is -0.460 e. The van der Waals surface area contributed by atoms with Crippen LogP contribution in [-0.2, 0) is 19.0 Å². The van der Waals surface area contributed by atoms with E-state index in [9.17, 15) is 49.1 Å². The summed E-state index contributed by atoms with van der Waals surface area (Å²) in [6.45, 7) is -2.22. The molecule has 0 saturated carbocycles. The van der Waals surface area contributed by atoms with Gasteiger partial charge >= 0.3 is 30.7 Å². The van der Waals surface area contributed by atoms with Gasteiger partial charge in [0.05, 0.1) is 0 Å². The number of carbonyl (C=O) groups excluding carboxylic acids is 2. The smallest absolute Gasteiger partial charge is 0.460 e. The zero-order valence-electron chi connectivity index (χ0n) is 10.6. The summed E-state index contributed by atoms with van der Waals surface area (Å²) in [4.78, 5) is 20.6. The van der Waals surface area contributed by atoms with E-state index in [0.717, 1.165) is 0 Å². The van der Waals surface area contributed by atoms with Gasteiger partial charge < -0.3 is 9.47 Å². The quantitative estimate of drug-likeness (QED) is 0.300. The van der Waals surface area contributed by atoms with E-state index in [1.54, 1.807) is 0 Å². The highest BCUT2D eigenvalue weighted by atomic mass is 19.4.